The highest BCUT2D eigenvalue weighted by atomic mass is 79.9. The van der Waals surface area contributed by atoms with Gasteiger partial charge in [0.2, 0.25) is 0 Å². The molecule has 0 saturated heterocycles. The summed E-state index contributed by atoms with van der Waals surface area (Å²) in [6.45, 7) is -0.146. The van der Waals surface area contributed by atoms with Crippen LogP contribution in [0.2, 0.25) is 0 Å². The SMILES string of the molecule is COc1cccc(OCC(=O)N/N=C/c2ccc(Br)o2)c1. The molecule has 110 valence electrons. The van der Waals surface area contributed by atoms with E-state index in [4.69, 9.17) is 13.9 Å². The second-order valence-electron chi connectivity index (χ2n) is 3.90. The number of hydrazone groups is 1. The number of rotatable bonds is 6. The molecular formula is C14H13BrN2O4. The van der Waals surface area contributed by atoms with Crippen LogP contribution in [-0.2, 0) is 4.79 Å². The molecule has 0 aliphatic rings. The molecule has 0 aliphatic heterocycles. The molecule has 0 aliphatic carbocycles. The molecule has 1 amide bonds. The molecule has 0 saturated carbocycles. The second kappa shape index (κ2) is 7.49. The Morgan fingerprint density at radius 3 is 2.90 bits per heavy atom. The summed E-state index contributed by atoms with van der Waals surface area (Å²) < 4.78 is 16.2. The maximum atomic E-state index is 11.5. The molecule has 2 aromatic rings. The Morgan fingerprint density at radius 1 is 1.38 bits per heavy atom. The third kappa shape index (κ3) is 4.96. The zero-order valence-electron chi connectivity index (χ0n) is 11.2. The molecule has 1 N–H and O–H groups in total. The van der Waals surface area contributed by atoms with Crippen LogP contribution in [0.1, 0.15) is 5.76 Å². The summed E-state index contributed by atoms with van der Waals surface area (Å²) in [5.74, 6) is 1.35. The van der Waals surface area contributed by atoms with Crippen molar-refractivity contribution in [3.8, 4) is 11.5 Å². The number of nitrogens with one attached hydrogen (secondary N) is 1. The molecular weight excluding hydrogens is 340 g/mol. The van der Waals surface area contributed by atoms with Crippen LogP contribution < -0.4 is 14.9 Å². The highest BCUT2D eigenvalue weighted by Crippen LogP contribution is 2.18. The maximum absolute atomic E-state index is 11.5. The van der Waals surface area contributed by atoms with Gasteiger partial charge in [0.05, 0.1) is 13.3 Å². The van der Waals surface area contributed by atoms with E-state index in [9.17, 15) is 4.79 Å². The summed E-state index contributed by atoms with van der Waals surface area (Å²) >= 11 is 3.17. The molecule has 0 atom stereocenters. The van der Waals surface area contributed by atoms with E-state index >= 15 is 0 Å². The average molecular weight is 353 g/mol. The van der Waals surface area contributed by atoms with Gasteiger partial charge in [-0.25, -0.2) is 5.43 Å². The van der Waals surface area contributed by atoms with Gasteiger partial charge in [0, 0.05) is 6.07 Å². The van der Waals surface area contributed by atoms with E-state index in [1.807, 2.05) is 0 Å². The predicted molar refractivity (Wildman–Crippen MR) is 80.6 cm³/mol. The van der Waals surface area contributed by atoms with Gasteiger partial charge in [0.1, 0.15) is 17.3 Å². The molecule has 1 heterocycles. The smallest absolute Gasteiger partial charge is 0.277 e. The molecule has 0 radical (unpaired) electrons. The van der Waals surface area contributed by atoms with Crippen LogP contribution in [0, 0.1) is 0 Å². The third-order valence-electron chi connectivity index (χ3n) is 2.39. The minimum absolute atomic E-state index is 0.146. The minimum atomic E-state index is -0.375. The van der Waals surface area contributed by atoms with E-state index in [-0.39, 0.29) is 12.5 Å². The highest BCUT2D eigenvalue weighted by molar-refractivity contribution is 9.10. The quantitative estimate of drug-likeness (QED) is 0.640. The van der Waals surface area contributed by atoms with Gasteiger partial charge < -0.3 is 13.9 Å². The summed E-state index contributed by atoms with van der Waals surface area (Å²) in [7, 11) is 1.56. The number of methoxy groups -OCH3 is 1. The van der Waals surface area contributed by atoms with Gasteiger partial charge in [-0.3, -0.25) is 4.79 Å². The van der Waals surface area contributed by atoms with E-state index in [1.165, 1.54) is 6.21 Å². The molecule has 1 aromatic carbocycles. The minimum Gasteiger partial charge on any atom is -0.497 e. The van der Waals surface area contributed by atoms with Crippen LogP contribution in [0.25, 0.3) is 0 Å². The second-order valence-corrected chi connectivity index (χ2v) is 4.68. The van der Waals surface area contributed by atoms with Gasteiger partial charge in [-0.2, -0.15) is 5.10 Å². The summed E-state index contributed by atoms with van der Waals surface area (Å²) in [4.78, 5) is 11.5. The van der Waals surface area contributed by atoms with E-state index in [2.05, 4.69) is 26.5 Å². The first-order valence-electron chi connectivity index (χ1n) is 6.01. The van der Waals surface area contributed by atoms with Crippen molar-refractivity contribution >= 4 is 28.1 Å². The average Bonchev–Trinajstić information content (AvgIpc) is 2.91. The molecule has 0 fully saturated rings. The standard InChI is InChI=1S/C14H13BrN2O4/c1-19-10-3-2-4-11(7-10)20-9-14(18)17-16-8-12-5-6-13(15)21-12/h2-8H,9H2,1H3,(H,17,18)/b16-8+. The van der Waals surface area contributed by atoms with Gasteiger partial charge in [0.25, 0.3) is 5.91 Å². The number of halogens is 1. The molecule has 2 rings (SSSR count). The lowest BCUT2D eigenvalue weighted by atomic mass is 10.3. The first kappa shape index (κ1) is 15.1. The van der Waals surface area contributed by atoms with Gasteiger partial charge >= 0.3 is 0 Å². The first-order valence-corrected chi connectivity index (χ1v) is 6.81. The highest BCUT2D eigenvalue weighted by Gasteiger charge is 2.02. The Bertz CT molecular complexity index is 639. The fourth-order valence-corrected chi connectivity index (χ4v) is 1.76. The van der Waals surface area contributed by atoms with E-state index in [1.54, 1.807) is 43.5 Å². The number of hydrogen-bond acceptors (Lipinski definition) is 5. The van der Waals surface area contributed by atoms with Crippen LogP contribution in [0.3, 0.4) is 0 Å². The van der Waals surface area contributed by atoms with Crippen molar-refractivity contribution in [3.63, 3.8) is 0 Å². The van der Waals surface area contributed by atoms with Crippen molar-refractivity contribution in [2.75, 3.05) is 13.7 Å². The van der Waals surface area contributed by atoms with Crippen molar-refractivity contribution in [2.45, 2.75) is 0 Å². The van der Waals surface area contributed by atoms with Crippen LogP contribution in [0.5, 0.6) is 11.5 Å². The summed E-state index contributed by atoms with van der Waals surface area (Å²) in [6.07, 6.45) is 1.40. The predicted octanol–water partition coefficient (Wildman–Crippen LogP) is 2.58. The van der Waals surface area contributed by atoms with Crippen LogP contribution in [0.4, 0.5) is 0 Å². The zero-order chi connectivity index (χ0) is 15.1. The Labute approximate surface area is 129 Å². The van der Waals surface area contributed by atoms with E-state index in [0.717, 1.165) is 0 Å². The molecule has 7 heteroatoms. The molecule has 0 unspecified atom stereocenters. The molecule has 1 aromatic heterocycles. The lowest BCUT2D eigenvalue weighted by Gasteiger charge is -2.06. The lowest BCUT2D eigenvalue weighted by molar-refractivity contribution is -0.123. The number of hydrogen-bond donors (Lipinski definition) is 1. The number of benzene rings is 1. The van der Waals surface area contributed by atoms with Crippen molar-refractivity contribution < 1.29 is 18.7 Å². The van der Waals surface area contributed by atoms with Crippen LogP contribution >= 0.6 is 15.9 Å². The maximum Gasteiger partial charge on any atom is 0.277 e. The van der Waals surface area contributed by atoms with Gasteiger partial charge in [-0.05, 0) is 40.2 Å². The van der Waals surface area contributed by atoms with Crippen molar-refractivity contribution in [1.82, 2.24) is 5.43 Å². The third-order valence-corrected chi connectivity index (χ3v) is 2.81. The topological polar surface area (TPSA) is 73.1 Å². The number of furan rings is 1. The molecule has 21 heavy (non-hydrogen) atoms. The fraction of sp³-hybridized carbons (Fsp3) is 0.143. The number of carbonyl (C=O) groups excluding carboxylic acids is 1. The molecule has 0 bridgehead atoms. The first-order chi connectivity index (χ1) is 10.2. The van der Waals surface area contributed by atoms with E-state index < -0.39 is 0 Å². The zero-order valence-corrected chi connectivity index (χ0v) is 12.8. The molecule has 6 nitrogen and oxygen atoms in total. The Balaban J connectivity index is 1.78. The number of carbonyl (C=O) groups is 1. The van der Waals surface area contributed by atoms with Gasteiger partial charge in [-0.1, -0.05) is 6.07 Å². The normalized spacial score (nSPS) is 10.6. The van der Waals surface area contributed by atoms with Crippen molar-refractivity contribution in [1.29, 1.82) is 0 Å². The Hall–Kier alpha value is -2.28. The Morgan fingerprint density at radius 2 is 2.19 bits per heavy atom. The van der Waals surface area contributed by atoms with Gasteiger partial charge in [-0.15, -0.1) is 0 Å². The van der Waals surface area contributed by atoms with Gasteiger partial charge in [0.15, 0.2) is 11.3 Å². The van der Waals surface area contributed by atoms with Crippen LogP contribution in [-0.4, -0.2) is 25.8 Å². The monoisotopic (exact) mass is 352 g/mol. The number of ether oxygens (including phenoxy) is 2. The van der Waals surface area contributed by atoms with Crippen molar-refractivity contribution in [2.24, 2.45) is 5.10 Å². The number of nitrogens with zero attached hydrogens (tertiary/aromatic N) is 1. The fourth-order valence-electron chi connectivity index (χ4n) is 1.44. The van der Waals surface area contributed by atoms with Crippen LogP contribution in [0.15, 0.2) is 50.6 Å². The van der Waals surface area contributed by atoms with E-state index in [0.29, 0.717) is 21.9 Å². The number of amides is 1. The van der Waals surface area contributed by atoms with Crippen molar-refractivity contribution in [3.05, 3.63) is 46.8 Å². The Kier molecular flexibility index (Phi) is 5.39. The molecule has 0 spiro atoms. The summed E-state index contributed by atoms with van der Waals surface area (Å²) in [5, 5.41) is 3.76. The lowest BCUT2D eigenvalue weighted by Crippen LogP contribution is -2.24. The largest absolute Gasteiger partial charge is 0.497 e. The summed E-state index contributed by atoms with van der Waals surface area (Å²) in [6, 6.07) is 10.4. The summed E-state index contributed by atoms with van der Waals surface area (Å²) in [5.41, 5.74) is 2.34.